The fourth-order valence-corrected chi connectivity index (χ4v) is 10.1. The van der Waals surface area contributed by atoms with E-state index in [1.54, 1.807) is 20.8 Å². The third-order valence-electron chi connectivity index (χ3n) is 14.3. The van der Waals surface area contributed by atoms with Gasteiger partial charge >= 0.3 is 0 Å². The van der Waals surface area contributed by atoms with Crippen LogP contribution in [0, 0.1) is 17.8 Å². The van der Waals surface area contributed by atoms with Gasteiger partial charge in [0.1, 0.15) is 48.3 Å². The molecule has 4 heterocycles. The number of aliphatic hydroxyl groups is 5. The van der Waals surface area contributed by atoms with E-state index in [0.717, 1.165) is 37.0 Å². The molecule has 24 nitrogen and oxygen atoms in total. The Hall–Kier alpha value is -6.19. The number of aliphatic hydroxyl groups excluding tert-OH is 5. The first-order chi connectivity index (χ1) is 37.8. The molecule has 80 heavy (non-hydrogen) atoms. The number of fused-ring (bicyclic) bond motifs is 9. The zero-order valence-electron chi connectivity index (χ0n) is 45.6. The third kappa shape index (κ3) is 16.0. The van der Waals surface area contributed by atoms with Crippen molar-refractivity contribution in [2.75, 3.05) is 19.8 Å². The van der Waals surface area contributed by atoms with Crippen LogP contribution in [0.1, 0.15) is 108 Å². The molecule has 0 aliphatic carbocycles. The van der Waals surface area contributed by atoms with Gasteiger partial charge in [-0.25, -0.2) is 0 Å². The summed E-state index contributed by atoms with van der Waals surface area (Å²) in [6.45, 7) is 9.73. The molecule has 0 spiro atoms. The summed E-state index contributed by atoms with van der Waals surface area (Å²) in [4.78, 5) is 80.3. The topological polar surface area (TPSA) is 382 Å². The van der Waals surface area contributed by atoms with Crippen molar-refractivity contribution in [1.29, 1.82) is 0 Å². The van der Waals surface area contributed by atoms with Gasteiger partial charge in [0.15, 0.2) is 17.8 Å². The van der Waals surface area contributed by atoms with E-state index in [9.17, 15) is 59.4 Å². The van der Waals surface area contributed by atoms with Crippen LogP contribution in [0.4, 0.5) is 0 Å². The van der Waals surface area contributed by atoms with Crippen molar-refractivity contribution < 1.29 is 83.1 Å². The minimum Gasteiger partial charge on any atom is -0.504 e. The lowest BCUT2D eigenvalue weighted by Crippen LogP contribution is -2.65. The first-order valence-electron chi connectivity index (χ1n) is 26.7. The fourth-order valence-electron chi connectivity index (χ4n) is 9.92. The van der Waals surface area contributed by atoms with E-state index in [1.807, 2.05) is 26.0 Å². The molecule has 9 unspecified atom stereocenters. The lowest BCUT2D eigenvalue weighted by Gasteiger charge is -2.46. The van der Waals surface area contributed by atoms with Crippen molar-refractivity contribution >= 4 is 47.0 Å². The van der Waals surface area contributed by atoms with Gasteiger partial charge in [-0.1, -0.05) is 76.0 Å². The van der Waals surface area contributed by atoms with Crippen LogP contribution >= 0.6 is 11.6 Å². The molecule has 4 bridgehead atoms. The number of nitrogens with two attached hydrogens (primary N) is 2. The maximum absolute atomic E-state index is 14.0. The molecule has 3 aromatic carbocycles. The number of aromatic hydroxyl groups is 1. The number of ether oxygens (including phenoxy) is 5. The molecule has 0 radical (unpaired) electrons. The molecule has 440 valence electrons. The number of phenols is 1. The summed E-state index contributed by atoms with van der Waals surface area (Å²) in [7, 11) is 0. The molecule has 15 N–H and O–H groups in total. The van der Waals surface area contributed by atoms with E-state index < -0.39 is 157 Å². The summed E-state index contributed by atoms with van der Waals surface area (Å²) < 4.78 is 30.7. The molecule has 3 aromatic rings. The Morgan fingerprint density at radius 2 is 1.61 bits per heavy atom. The lowest BCUT2D eigenvalue weighted by atomic mass is 9.85. The molecular weight excluding hydrogens is 1070 g/mol. The Morgan fingerprint density at radius 3 is 2.25 bits per heavy atom. The van der Waals surface area contributed by atoms with Crippen LogP contribution in [-0.4, -0.2) is 147 Å². The second-order valence-electron chi connectivity index (χ2n) is 21.4. The number of rotatable bonds is 21. The Bertz CT molecular complexity index is 2670. The zero-order valence-corrected chi connectivity index (χ0v) is 46.3. The number of carbonyl (C=O) groups is 6. The average molecular weight is 1140 g/mol. The second kappa shape index (κ2) is 28.0. The van der Waals surface area contributed by atoms with Crippen molar-refractivity contribution in [2.24, 2.45) is 29.2 Å². The van der Waals surface area contributed by atoms with E-state index >= 15 is 0 Å². The number of halogens is 1. The van der Waals surface area contributed by atoms with Crippen molar-refractivity contribution in [3.63, 3.8) is 0 Å². The number of primary amides is 2. The van der Waals surface area contributed by atoms with Gasteiger partial charge < -0.3 is 92.4 Å². The van der Waals surface area contributed by atoms with Crippen molar-refractivity contribution in [1.82, 2.24) is 26.6 Å². The zero-order chi connectivity index (χ0) is 58.7. The van der Waals surface area contributed by atoms with Gasteiger partial charge in [0.05, 0.1) is 54.9 Å². The van der Waals surface area contributed by atoms with Crippen LogP contribution in [-0.2, 0) is 55.9 Å². The minimum atomic E-state index is -1.86. The summed E-state index contributed by atoms with van der Waals surface area (Å²) in [5.41, 5.74) is 11.9. The van der Waals surface area contributed by atoms with Gasteiger partial charge in [-0.3, -0.25) is 28.8 Å². The summed E-state index contributed by atoms with van der Waals surface area (Å²) in [5.74, 6) is -9.60. The number of hydrogen-bond donors (Lipinski definition) is 13. The molecule has 25 heteroatoms. The Morgan fingerprint density at radius 1 is 0.912 bits per heavy atom. The van der Waals surface area contributed by atoms with Crippen LogP contribution in [0.5, 0.6) is 23.0 Å². The molecule has 4 aliphatic heterocycles. The molecule has 2 saturated heterocycles. The highest BCUT2D eigenvalue weighted by Gasteiger charge is 2.49. The second-order valence-corrected chi connectivity index (χ2v) is 21.8. The number of hydrogen-bond acceptors (Lipinski definition) is 18. The van der Waals surface area contributed by atoms with Crippen LogP contribution < -0.4 is 47.5 Å². The number of unbranched alkanes of at least 4 members (excludes halogenated alkanes) is 1. The predicted molar refractivity (Wildman–Crippen MR) is 287 cm³/mol. The number of amides is 6. The van der Waals surface area contributed by atoms with Crippen LogP contribution in [0.15, 0.2) is 54.6 Å². The average Bonchev–Trinajstić information content (AvgIpc) is 3.39. The number of nitrogens with one attached hydrogen (secondary N) is 5. The van der Waals surface area contributed by atoms with Gasteiger partial charge in [0, 0.05) is 18.9 Å². The standard InChI is InChI=1S/C55H76ClN7O17/c1-7-8-9-29-10-12-30(13-11-29)22-59-23-41(67)63-55(6)21-42(77-28(5)49(55)71)76-25-33-46(69)47(70)39(24-64)79-54(33)80-48-36(65)18-32-19-38(48)78-37-15-14-31(17-34(37)56)45(68)44(62-51(73)27(4)16-26(2)3)53(75)60-35(20-40(57)66)52(74)61-43(32)50(58)72/h10-15,17-19,26-28,33,35,39,42-47,49,54,59,64-65,68-71H,7-9,16,20-25H2,1-6H3,(H2,57,66)(H2,58,72)(H,60,75)(H,61,74)(H,62,73)(H,63,67)/t27-,28?,33?,35+,39?,42?,43-,44-,45-,46?,47?,49?,54?,55?/m1/s1. The maximum atomic E-state index is 14.0. The van der Waals surface area contributed by atoms with Gasteiger partial charge in [0.25, 0.3) is 0 Å². The highest BCUT2D eigenvalue weighted by Crippen LogP contribution is 2.46. The molecule has 4 aliphatic rings. The van der Waals surface area contributed by atoms with Gasteiger partial charge in [-0.05, 0) is 85.5 Å². The fraction of sp³-hybridized carbons (Fsp3) is 0.564. The van der Waals surface area contributed by atoms with Crippen LogP contribution in [0.25, 0.3) is 0 Å². The van der Waals surface area contributed by atoms with Crippen molar-refractivity contribution in [2.45, 2.75) is 159 Å². The van der Waals surface area contributed by atoms with E-state index in [0.29, 0.717) is 13.0 Å². The smallest absolute Gasteiger partial charge is 0.246 e. The van der Waals surface area contributed by atoms with Crippen molar-refractivity contribution in [3.8, 4) is 23.0 Å². The summed E-state index contributed by atoms with van der Waals surface area (Å²) in [6, 6.07) is 8.48. The van der Waals surface area contributed by atoms with Gasteiger partial charge in [0.2, 0.25) is 47.5 Å². The largest absolute Gasteiger partial charge is 0.504 e. The quantitative estimate of drug-likeness (QED) is 0.0708. The van der Waals surface area contributed by atoms with E-state index in [2.05, 4.69) is 45.6 Å². The first kappa shape index (κ1) is 63.0. The van der Waals surface area contributed by atoms with Crippen molar-refractivity contribution in [3.05, 3.63) is 81.9 Å². The first-order valence-corrected chi connectivity index (χ1v) is 27.0. The number of carbonyl (C=O) groups excluding carboxylic acids is 6. The molecule has 14 atom stereocenters. The summed E-state index contributed by atoms with van der Waals surface area (Å²) >= 11 is 6.78. The van der Waals surface area contributed by atoms with Crippen LogP contribution in [0.3, 0.4) is 0 Å². The number of benzene rings is 3. The molecule has 0 saturated carbocycles. The SMILES string of the molecule is CCCCc1ccc(CNCC(=O)NC2(C)CC(OCC3C(Oc4c(O)cc5cc4Oc4ccc(cc4Cl)[C@@H](O)[C@@H](NC(=O)[C@H](C)CC(C)C)C(=O)N[C@@H](CC(N)=O)C(=O)N[C@H]5C(N)=O)OC(CO)C(O)C3O)OC(C)C2O)cc1. The lowest BCUT2D eigenvalue weighted by molar-refractivity contribution is -0.289. The molecule has 7 rings (SSSR count). The third-order valence-corrected chi connectivity index (χ3v) is 14.6. The van der Waals surface area contributed by atoms with E-state index in [-0.39, 0.29) is 40.8 Å². The highest BCUT2D eigenvalue weighted by atomic mass is 35.5. The van der Waals surface area contributed by atoms with Gasteiger partial charge in [-0.15, -0.1) is 0 Å². The Balaban J connectivity index is 1.29. The van der Waals surface area contributed by atoms with Gasteiger partial charge in [-0.2, -0.15) is 0 Å². The number of aryl methyl sites for hydroxylation is 1. The highest BCUT2D eigenvalue weighted by molar-refractivity contribution is 6.32. The van der Waals surface area contributed by atoms with E-state index in [4.69, 9.17) is 46.8 Å². The Labute approximate surface area is 468 Å². The minimum absolute atomic E-state index is 0.0365. The molecular formula is C55H76ClN7O17. The number of phenolic OH excluding ortho intramolecular Hbond substituents is 1. The summed E-state index contributed by atoms with van der Waals surface area (Å²) in [6.07, 6.45) is -9.13. The van der Waals surface area contributed by atoms with E-state index in [1.165, 1.54) is 23.8 Å². The maximum Gasteiger partial charge on any atom is 0.246 e. The predicted octanol–water partition coefficient (Wildman–Crippen LogP) is 1.01. The molecule has 6 amide bonds. The monoisotopic (exact) mass is 1140 g/mol. The summed E-state index contributed by atoms with van der Waals surface area (Å²) in [5, 5.41) is 80.9. The Kier molecular flexibility index (Phi) is 22.0. The normalized spacial score (nSPS) is 28.5. The van der Waals surface area contributed by atoms with Crippen LogP contribution in [0.2, 0.25) is 5.02 Å². The molecule has 2 fully saturated rings. The molecule has 0 aromatic heterocycles.